The zero-order valence-electron chi connectivity index (χ0n) is 8.20. The first-order chi connectivity index (χ1) is 7.62. The second-order valence-corrected chi connectivity index (χ2v) is 5.55. The normalized spacial score (nSPS) is 22.4. The molecule has 0 spiro atoms. The number of alkyl halides is 3. The summed E-state index contributed by atoms with van der Waals surface area (Å²) >= 11 is 18.1. The molecule has 2 aromatic rings. The molecule has 0 radical (unpaired) electrons. The summed E-state index contributed by atoms with van der Waals surface area (Å²) in [5, 5.41) is 2.26. The van der Waals surface area contributed by atoms with E-state index in [4.69, 9.17) is 34.8 Å². The van der Waals surface area contributed by atoms with Crippen molar-refractivity contribution < 1.29 is 0 Å². The van der Waals surface area contributed by atoms with E-state index < -0.39 is 4.46 Å². The van der Waals surface area contributed by atoms with Crippen molar-refractivity contribution in [3.05, 3.63) is 42.5 Å². The molecule has 82 valence electrons. The summed E-state index contributed by atoms with van der Waals surface area (Å²) in [4.78, 5) is 1.79. The number of hydrogen-bond acceptors (Lipinski definition) is 1. The predicted octanol–water partition coefficient (Wildman–Crippen LogP) is 4.36. The van der Waals surface area contributed by atoms with E-state index in [0.717, 1.165) is 16.5 Å². The quantitative estimate of drug-likeness (QED) is 0.423. The van der Waals surface area contributed by atoms with Crippen LogP contribution in [0.25, 0.3) is 10.8 Å². The number of benzene rings is 2. The number of fused-ring (bicyclic) bond motifs is 1. The number of hydrogen-bond donors (Lipinski definition) is 0. The van der Waals surface area contributed by atoms with E-state index in [2.05, 4.69) is 12.1 Å². The molecule has 1 fully saturated rings. The fourth-order valence-corrected chi connectivity index (χ4v) is 2.80. The van der Waals surface area contributed by atoms with E-state index in [1.165, 1.54) is 0 Å². The van der Waals surface area contributed by atoms with Crippen LogP contribution in [-0.4, -0.2) is 9.96 Å². The van der Waals surface area contributed by atoms with Crippen molar-refractivity contribution in [2.45, 2.75) is 9.96 Å². The van der Waals surface area contributed by atoms with E-state index in [9.17, 15) is 0 Å². The summed E-state index contributed by atoms with van der Waals surface area (Å²) < 4.78 is -0.980. The van der Waals surface area contributed by atoms with Crippen LogP contribution < -0.4 is 4.90 Å². The summed E-state index contributed by atoms with van der Waals surface area (Å²) in [5.41, 5.74) is 0.615. The minimum absolute atomic E-state index is 0.360. The van der Waals surface area contributed by atoms with Gasteiger partial charge in [-0.15, -0.1) is 0 Å². The third kappa shape index (κ3) is 1.39. The van der Waals surface area contributed by atoms with Crippen LogP contribution in [0.4, 0.5) is 5.69 Å². The van der Waals surface area contributed by atoms with Gasteiger partial charge >= 0.3 is 0 Å². The fraction of sp³-hybridized carbons (Fsp3) is 0.167. The summed E-state index contributed by atoms with van der Waals surface area (Å²) in [6.07, 6.45) is 0. The average molecular weight is 273 g/mol. The highest BCUT2D eigenvalue weighted by Crippen LogP contribution is 2.55. The van der Waals surface area contributed by atoms with Gasteiger partial charge in [-0.3, -0.25) is 0 Å². The molecule has 3 rings (SSSR count). The zero-order chi connectivity index (χ0) is 11.3. The lowest BCUT2D eigenvalue weighted by atomic mass is 10.1. The van der Waals surface area contributed by atoms with Gasteiger partial charge in [0, 0.05) is 11.1 Å². The number of nitrogens with zero attached hydrogens (tertiary/aromatic N) is 1. The van der Waals surface area contributed by atoms with Gasteiger partial charge in [-0.1, -0.05) is 71.2 Å². The van der Waals surface area contributed by atoms with Gasteiger partial charge in [-0.25, -0.2) is 0 Å². The number of rotatable bonds is 1. The molecule has 0 bridgehead atoms. The van der Waals surface area contributed by atoms with Gasteiger partial charge in [0.15, 0.2) is 5.50 Å². The molecule has 1 heterocycles. The maximum atomic E-state index is 6.05. The summed E-state index contributed by atoms with van der Waals surface area (Å²) in [6, 6.07) is 14.1. The Balaban J connectivity index is 2.19. The number of anilines is 1. The fourth-order valence-electron chi connectivity index (χ4n) is 1.92. The lowest BCUT2D eigenvalue weighted by Gasteiger charge is -2.09. The molecule has 0 amide bonds. The van der Waals surface area contributed by atoms with Crippen LogP contribution in [0.15, 0.2) is 42.5 Å². The van der Waals surface area contributed by atoms with E-state index in [1.807, 2.05) is 30.3 Å². The Morgan fingerprint density at radius 3 is 2.31 bits per heavy atom. The SMILES string of the molecule is ClC1N(c2cccc3ccccc23)C1(Cl)Cl. The smallest absolute Gasteiger partial charge is 0.226 e. The maximum Gasteiger partial charge on any atom is 0.226 e. The Labute approximate surface area is 109 Å². The van der Waals surface area contributed by atoms with Gasteiger partial charge in [0.05, 0.1) is 0 Å². The van der Waals surface area contributed by atoms with Crippen molar-refractivity contribution in [1.82, 2.24) is 0 Å². The molecule has 0 N–H and O–H groups in total. The van der Waals surface area contributed by atoms with Crippen LogP contribution in [0.1, 0.15) is 0 Å². The Kier molecular flexibility index (Phi) is 2.25. The highest BCUT2D eigenvalue weighted by molar-refractivity contribution is 6.58. The molecule has 1 aliphatic rings. The van der Waals surface area contributed by atoms with Gasteiger partial charge in [0.25, 0.3) is 0 Å². The molecule has 1 saturated heterocycles. The van der Waals surface area contributed by atoms with Crippen molar-refractivity contribution >= 4 is 51.3 Å². The highest BCUT2D eigenvalue weighted by atomic mass is 35.5. The molecule has 0 aromatic heterocycles. The van der Waals surface area contributed by atoms with Crippen molar-refractivity contribution in [2.24, 2.45) is 0 Å². The third-order valence-electron chi connectivity index (χ3n) is 2.79. The van der Waals surface area contributed by atoms with E-state index in [1.54, 1.807) is 4.90 Å². The van der Waals surface area contributed by atoms with Gasteiger partial charge in [-0.05, 0) is 11.5 Å². The Bertz CT molecular complexity index is 547. The summed E-state index contributed by atoms with van der Waals surface area (Å²) in [5.74, 6) is 0. The van der Waals surface area contributed by atoms with E-state index in [0.29, 0.717) is 0 Å². The molecular formula is C12H8Cl3N. The van der Waals surface area contributed by atoms with E-state index >= 15 is 0 Å². The molecule has 0 saturated carbocycles. The second kappa shape index (κ2) is 3.43. The van der Waals surface area contributed by atoms with Gasteiger partial charge < -0.3 is 4.90 Å². The molecular weight excluding hydrogens is 264 g/mol. The van der Waals surface area contributed by atoms with Crippen LogP contribution >= 0.6 is 34.8 Å². The molecule has 16 heavy (non-hydrogen) atoms. The minimum atomic E-state index is -0.980. The number of halogens is 3. The minimum Gasteiger partial charge on any atom is -0.316 e. The predicted molar refractivity (Wildman–Crippen MR) is 70.5 cm³/mol. The van der Waals surface area contributed by atoms with Crippen LogP contribution in [0.3, 0.4) is 0 Å². The summed E-state index contributed by atoms with van der Waals surface area (Å²) in [6.45, 7) is 0. The third-order valence-corrected chi connectivity index (χ3v) is 4.30. The largest absolute Gasteiger partial charge is 0.316 e. The van der Waals surface area contributed by atoms with Gasteiger partial charge in [0.2, 0.25) is 4.46 Å². The van der Waals surface area contributed by atoms with Crippen LogP contribution in [0.5, 0.6) is 0 Å². The lowest BCUT2D eigenvalue weighted by molar-refractivity contribution is 1.31. The molecule has 0 aliphatic carbocycles. The lowest BCUT2D eigenvalue weighted by Crippen LogP contribution is -2.01. The Morgan fingerprint density at radius 1 is 1.00 bits per heavy atom. The first-order valence-corrected chi connectivity index (χ1v) is 6.10. The van der Waals surface area contributed by atoms with Crippen molar-refractivity contribution in [3.8, 4) is 0 Å². The summed E-state index contributed by atoms with van der Waals surface area (Å²) in [7, 11) is 0. The topological polar surface area (TPSA) is 3.01 Å². The first kappa shape index (κ1) is 10.5. The first-order valence-electron chi connectivity index (χ1n) is 4.91. The molecule has 1 unspecified atom stereocenters. The van der Waals surface area contributed by atoms with Crippen molar-refractivity contribution in [2.75, 3.05) is 4.90 Å². The monoisotopic (exact) mass is 271 g/mol. The standard InChI is InChI=1S/C12H8Cl3N/c13-11-12(14,15)16(11)10-7-3-5-8-4-1-2-6-9(8)10/h1-7,11H. The second-order valence-electron chi connectivity index (χ2n) is 3.79. The highest BCUT2D eigenvalue weighted by Gasteiger charge is 2.61. The molecule has 1 atom stereocenters. The Morgan fingerprint density at radius 2 is 1.62 bits per heavy atom. The van der Waals surface area contributed by atoms with Crippen molar-refractivity contribution in [3.63, 3.8) is 0 Å². The van der Waals surface area contributed by atoms with Crippen LogP contribution in [-0.2, 0) is 0 Å². The average Bonchev–Trinajstić information content (AvgIpc) is 2.77. The van der Waals surface area contributed by atoms with Gasteiger partial charge in [0.1, 0.15) is 0 Å². The molecule has 4 heteroatoms. The van der Waals surface area contributed by atoms with E-state index in [-0.39, 0.29) is 5.50 Å². The Hall–Kier alpha value is -0.630. The van der Waals surface area contributed by atoms with Crippen LogP contribution in [0.2, 0.25) is 0 Å². The van der Waals surface area contributed by atoms with Gasteiger partial charge in [-0.2, -0.15) is 0 Å². The van der Waals surface area contributed by atoms with Crippen molar-refractivity contribution in [1.29, 1.82) is 0 Å². The molecule has 1 nitrogen and oxygen atoms in total. The van der Waals surface area contributed by atoms with Crippen LogP contribution in [0, 0.1) is 0 Å². The zero-order valence-corrected chi connectivity index (χ0v) is 10.5. The molecule has 2 aromatic carbocycles. The maximum absolute atomic E-state index is 6.05. The molecule has 1 aliphatic heterocycles.